The number of unbranched alkanes of at least 4 members (excludes halogenated alkanes) is 2. The summed E-state index contributed by atoms with van der Waals surface area (Å²) >= 11 is 0. The highest BCUT2D eigenvalue weighted by Crippen LogP contribution is 2.06. The maximum Gasteiger partial charge on any atom is 0.333 e. The quantitative estimate of drug-likeness (QED) is 0.423. The molecule has 1 rings (SSSR count). The Balaban J connectivity index is 2.36. The van der Waals surface area contributed by atoms with Crippen LogP contribution in [0.5, 0.6) is 0 Å². The van der Waals surface area contributed by atoms with Gasteiger partial charge in [-0.05, 0) is 18.9 Å². The number of hydrogen-bond acceptors (Lipinski definition) is 2. The monoisotopic (exact) mass is 232 g/mol. The number of allylic oxidation sites excluding steroid dienone is 1. The average molecular weight is 232 g/mol. The summed E-state index contributed by atoms with van der Waals surface area (Å²) in [5.41, 5.74) is 1.72. The topological polar surface area (TPSA) is 26.3 Å². The molecule has 1 aromatic carbocycles. The van der Waals surface area contributed by atoms with Crippen molar-refractivity contribution in [3.63, 3.8) is 0 Å². The van der Waals surface area contributed by atoms with Crippen LogP contribution < -0.4 is 0 Å². The van der Waals surface area contributed by atoms with Gasteiger partial charge in [0.1, 0.15) is 6.61 Å². The molecular weight excluding hydrogens is 212 g/mol. The highest BCUT2D eigenvalue weighted by molar-refractivity contribution is 5.87. The Hall–Kier alpha value is -1.57. The Kier molecular flexibility index (Phi) is 6.08. The van der Waals surface area contributed by atoms with Crippen LogP contribution in [0, 0.1) is 0 Å². The summed E-state index contributed by atoms with van der Waals surface area (Å²) in [6.45, 7) is 4.29. The summed E-state index contributed by atoms with van der Waals surface area (Å²) in [6.07, 6.45) is 5.16. The van der Waals surface area contributed by atoms with Gasteiger partial charge in [0.05, 0.1) is 0 Å². The largest absolute Gasteiger partial charge is 0.457 e. The summed E-state index contributed by atoms with van der Waals surface area (Å²) in [7, 11) is 0. The first-order chi connectivity index (χ1) is 8.24. The van der Waals surface area contributed by atoms with E-state index >= 15 is 0 Å². The highest BCUT2D eigenvalue weighted by atomic mass is 16.5. The molecule has 0 saturated heterocycles. The maximum absolute atomic E-state index is 11.6. The number of carbonyl (C=O) groups is 1. The van der Waals surface area contributed by atoms with Crippen LogP contribution in [0.4, 0.5) is 0 Å². The summed E-state index contributed by atoms with van der Waals surface area (Å²) in [5, 5.41) is 0. The lowest BCUT2D eigenvalue weighted by Crippen LogP contribution is -2.05. The SMILES string of the molecule is CCCCC=C(C)C(=O)OCc1ccccc1. The maximum atomic E-state index is 11.6. The van der Waals surface area contributed by atoms with Gasteiger partial charge in [-0.1, -0.05) is 56.2 Å². The molecule has 0 atom stereocenters. The molecule has 0 aliphatic rings. The van der Waals surface area contributed by atoms with E-state index in [1.165, 1.54) is 0 Å². The van der Waals surface area contributed by atoms with E-state index < -0.39 is 0 Å². The zero-order chi connectivity index (χ0) is 12.5. The molecule has 92 valence electrons. The van der Waals surface area contributed by atoms with E-state index in [4.69, 9.17) is 4.74 Å². The van der Waals surface area contributed by atoms with Crippen LogP contribution >= 0.6 is 0 Å². The van der Waals surface area contributed by atoms with Crippen LogP contribution in [0.15, 0.2) is 42.0 Å². The van der Waals surface area contributed by atoms with E-state index in [-0.39, 0.29) is 5.97 Å². The van der Waals surface area contributed by atoms with Gasteiger partial charge in [-0.2, -0.15) is 0 Å². The van der Waals surface area contributed by atoms with Gasteiger partial charge in [-0.25, -0.2) is 4.79 Å². The van der Waals surface area contributed by atoms with Crippen LogP contribution in [-0.4, -0.2) is 5.97 Å². The fraction of sp³-hybridized carbons (Fsp3) is 0.400. The van der Waals surface area contributed by atoms with Crippen molar-refractivity contribution in [3.8, 4) is 0 Å². The summed E-state index contributed by atoms with van der Waals surface area (Å²) < 4.78 is 5.21. The zero-order valence-corrected chi connectivity index (χ0v) is 10.6. The van der Waals surface area contributed by atoms with E-state index in [0.29, 0.717) is 12.2 Å². The van der Waals surface area contributed by atoms with Gasteiger partial charge < -0.3 is 4.74 Å². The minimum Gasteiger partial charge on any atom is -0.457 e. The van der Waals surface area contributed by atoms with Gasteiger partial charge in [-0.3, -0.25) is 0 Å². The first-order valence-electron chi connectivity index (χ1n) is 6.12. The second-order valence-electron chi connectivity index (χ2n) is 4.09. The Morgan fingerprint density at radius 3 is 2.65 bits per heavy atom. The van der Waals surface area contributed by atoms with Crippen molar-refractivity contribution in [2.75, 3.05) is 0 Å². The van der Waals surface area contributed by atoms with Gasteiger partial charge in [0.25, 0.3) is 0 Å². The molecule has 0 fully saturated rings. The van der Waals surface area contributed by atoms with Crippen LogP contribution in [0.2, 0.25) is 0 Å². The lowest BCUT2D eigenvalue weighted by molar-refractivity contribution is -0.140. The van der Waals surface area contributed by atoms with Crippen molar-refractivity contribution in [3.05, 3.63) is 47.5 Å². The fourth-order valence-electron chi connectivity index (χ4n) is 1.44. The number of rotatable bonds is 6. The molecule has 2 nitrogen and oxygen atoms in total. The molecule has 1 aromatic rings. The van der Waals surface area contributed by atoms with E-state index in [9.17, 15) is 4.79 Å². The van der Waals surface area contributed by atoms with Gasteiger partial charge in [-0.15, -0.1) is 0 Å². The zero-order valence-electron chi connectivity index (χ0n) is 10.6. The van der Waals surface area contributed by atoms with Crippen molar-refractivity contribution < 1.29 is 9.53 Å². The van der Waals surface area contributed by atoms with Crippen LogP contribution in [0.25, 0.3) is 0 Å². The summed E-state index contributed by atoms with van der Waals surface area (Å²) in [6, 6.07) is 9.72. The molecule has 2 heteroatoms. The average Bonchev–Trinajstić information content (AvgIpc) is 2.37. The lowest BCUT2D eigenvalue weighted by Gasteiger charge is -2.05. The minimum absolute atomic E-state index is 0.218. The summed E-state index contributed by atoms with van der Waals surface area (Å²) in [4.78, 5) is 11.6. The minimum atomic E-state index is -0.218. The molecule has 0 radical (unpaired) electrons. The van der Waals surface area contributed by atoms with Crippen molar-refractivity contribution in [1.82, 2.24) is 0 Å². The Morgan fingerprint density at radius 2 is 2.00 bits per heavy atom. The Bertz CT molecular complexity index is 366. The molecule has 17 heavy (non-hydrogen) atoms. The second-order valence-corrected chi connectivity index (χ2v) is 4.09. The highest BCUT2D eigenvalue weighted by Gasteiger charge is 2.05. The van der Waals surface area contributed by atoms with E-state index in [1.807, 2.05) is 43.3 Å². The third kappa shape index (κ3) is 5.34. The third-order valence-corrected chi connectivity index (χ3v) is 2.54. The van der Waals surface area contributed by atoms with Crippen LogP contribution in [-0.2, 0) is 16.1 Å². The first kappa shape index (κ1) is 13.5. The third-order valence-electron chi connectivity index (χ3n) is 2.54. The Morgan fingerprint density at radius 1 is 1.29 bits per heavy atom. The molecule has 0 amide bonds. The molecule has 0 spiro atoms. The molecular formula is C15H20O2. The van der Waals surface area contributed by atoms with Crippen molar-refractivity contribution in [2.45, 2.75) is 39.7 Å². The Labute approximate surface area is 103 Å². The van der Waals surface area contributed by atoms with Crippen LogP contribution in [0.1, 0.15) is 38.7 Å². The molecule has 0 N–H and O–H groups in total. The van der Waals surface area contributed by atoms with E-state index in [2.05, 4.69) is 6.92 Å². The summed E-state index contributed by atoms with van der Waals surface area (Å²) in [5.74, 6) is -0.218. The molecule has 0 bridgehead atoms. The number of carbonyl (C=O) groups excluding carboxylic acids is 1. The fourth-order valence-corrected chi connectivity index (χ4v) is 1.44. The van der Waals surface area contributed by atoms with E-state index in [1.54, 1.807) is 0 Å². The molecule has 0 aliphatic heterocycles. The normalized spacial score (nSPS) is 11.3. The predicted molar refractivity (Wildman–Crippen MR) is 69.5 cm³/mol. The van der Waals surface area contributed by atoms with Crippen LogP contribution in [0.3, 0.4) is 0 Å². The van der Waals surface area contributed by atoms with Crippen molar-refractivity contribution in [2.24, 2.45) is 0 Å². The number of hydrogen-bond donors (Lipinski definition) is 0. The predicted octanol–water partition coefficient (Wildman–Crippen LogP) is 3.87. The molecule has 0 heterocycles. The molecule has 0 saturated carbocycles. The molecule has 0 unspecified atom stereocenters. The van der Waals surface area contributed by atoms with Crippen molar-refractivity contribution in [1.29, 1.82) is 0 Å². The van der Waals surface area contributed by atoms with Gasteiger partial charge >= 0.3 is 5.97 Å². The first-order valence-corrected chi connectivity index (χ1v) is 6.12. The van der Waals surface area contributed by atoms with E-state index in [0.717, 1.165) is 24.8 Å². The number of benzene rings is 1. The smallest absolute Gasteiger partial charge is 0.333 e. The van der Waals surface area contributed by atoms with Gasteiger partial charge in [0.2, 0.25) is 0 Å². The lowest BCUT2D eigenvalue weighted by atomic mass is 10.2. The molecule has 0 aliphatic carbocycles. The standard InChI is InChI=1S/C15H20O2/c1-3-4-6-9-13(2)15(16)17-12-14-10-7-5-8-11-14/h5,7-11H,3-4,6,12H2,1-2H3. The number of esters is 1. The second kappa shape index (κ2) is 7.66. The number of ether oxygens (including phenoxy) is 1. The van der Waals surface area contributed by atoms with Gasteiger partial charge in [0.15, 0.2) is 0 Å². The van der Waals surface area contributed by atoms with Gasteiger partial charge in [0, 0.05) is 5.57 Å². The van der Waals surface area contributed by atoms with Crippen molar-refractivity contribution >= 4 is 5.97 Å². The molecule has 0 aromatic heterocycles.